The van der Waals surface area contributed by atoms with Crippen LogP contribution in [0.2, 0.25) is 0 Å². The normalized spacial score (nSPS) is 18.2. The van der Waals surface area contributed by atoms with Gasteiger partial charge in [-0.15, -0.1) is 0 Å². The van der Waals surface area contributed by atoms with E-state index in [0.29, 0.717) is 0 Å². The standard InChI is InChI=1S/C9H16N2O2/c1-7(12)6-11-9(13)8-2-4-10-5-3-8/h8,10H,2-6H2,1H3,(H,11,13). The van der Waals surface area contributed by atoms with E-state index in [1.165, 1.54) is 6.92 Å². The summed E-state index contributed by atoms with van der Waals surface area (Å²) in [4.78, 5) is 22.0. The van der Waals surface area contributed by atoms with Crippen molar-refractivity contribution in [3.05, 3.63) is 0 Å². The summed E-state index contributed by atoms with van der Waals surface area (Å²) in [5.41, 5.74) is 0. The highest BCUT2D eigenvalue weighted by Gasteiger charge is 2.20. The SMILES string of the molecule is CC(=O)CNC(=O)C1CCNCC1. The van der Waals surface area contributed by atoms with Gasteiger partial charge in [-0.2, -0.15) is 0 Å². The Labute approximate surface area is 78.1 Å². The minimum atomic E-state index is 0.00212. The van der Waals surface area contributed by atoms with Gasteiger partial charge in [0.1, 0.15) is 5.78 Å². The van der Waals surface area contributed by atoms with Crippen LogP contribution in [0, 0.1) is 5.92 Å². The van der Waals surface area contributed by atoms with E-state index < -0.39 is 0 Å². The van der Waals surface area contributed by atoms with E-state index in [9.17, 15) is 9.59 Å². The molecule has 74 valence electrons. The molecule has 1 aliphatic rings. The summed E-state index contributed by atoms with van der Waals surface area (Å²) in [6.07, 6.45) is 1.76. The minimum Gasteiger partial charge on any atom is -0.349 e. The van der Waals surface area contributed by atoms with Crippen molar-refractivity contribution in [2.24, 2.45) is 5.92 Å². The third-order valence-electron chi connectivity index (χ3n) is 2.22. The zero-order valence-corrected chi connectivity index (χ0v) is 7.93. The van der Waals surface area contributed by atoms with Gasteiger partial charge in [0.25, 0.3) is 0 Å². The molecule has 0 saturated carbocycles. The average molecular weight is 184 g/mol. The lowest BCUT2D eigenvalue weighted by Gasteiger charge is -2.21. The predicted molar refractivity (Wildman–Crippen MR) is 49.3 cm³/mol. The molecule has 0 aromatic carbocycles. The Bertz CT molecular complexity index is 198. The molecule has 0 aromatic heterocycles. The Balaban J connectivity index is 2.25. The van der Waals surface area contributed by atoms with Crippen LogP contribution in [0.4, 0.5) is 0 Å². The second kappa shape index (κ2) is 4.97. The molecule has 4 nitrogen and oxygen atoms in total. The Morgan fingerprint density at radius 1 is 1.38 bits per heavy atom. The second-order valence-corrected chi connectivity index (χ2v) is 3.44. The highest BCUT2D eigenvalue weighted by Crippen LogP contribution is 2.10. The number of hydrogen-bond acceptors (Lipinski definition) is 3. The second-order valence-electron chi connectivity index (χ2n) is 3.44. The Morgan fingerprint density at radius 3 is 2.54 bits per heavy atom. The number of carbonyl (C=O) groups excluding carboxylic acids is 2. The maximum atomic E-state index is 11.4. The van der Waals surface area contributed by atoms with Crippen LogP contribution >= 0.6 is 0 Å². The summed E-state index contributed by atoms with van der Waals surface area (Å²) in [6, 6.07) is 0. The van der Waals surface area contributed by atoms with Crippen LogP contribution in [-0.4, -0.2) is 31.3 Å². The molecule has 13 heavy (non-hydrogen) atoms. The molecule has 1 rings (SSSR count). The molecule has 0 radical (unpaired) electrons. The van der Waals surface area contributed by atoms with E-state index in [2.05, 4.69) is 10.6 Å². The molecule has 0 unspecified atom stereocenters. The number of rotatable bonds is 3. The summed E-state index contributed by atoms with van der Waals surface area (Å²) < 4.78 is 0. The first kappa shape index (κ1) is 10.2. The van der Waals surface area contributed by atoms with Crippen molar-refractivity contribution in [3.8, 4) is 0 Å². The fourth-order valence-corrected chi connectivity index (χ4v) is 1.44. The molecule has 2 N–H and O–H groups in total. The van der Waals surface area contributed by atoms with Crippen LogP contribution in [0.15, 0.2) is 0 Å². The van der Waals surface area contributed by atoms with Crippen LogP contribution in [0.3, 0.4) is 0 Å². The van der Waals surface area contributed by atoms with Crippen molar-refractivity contribution in [3.63, 3.8) is 0 Å². The van der Waals surface area contributed by atoms with Gasteiger partial charge in [-0.1, -0.05) is 0 Å². The zero-order valence-electron chi connectivity index (χ0n) is 7.93. The summed E-state index contributed by atoms with van der Waals surface area (Å²) in [7, 11) is 0. The molecule has 0 bridgehead atoms. The van der Waals surface area contributed by atoms with Crippen LogP contribution in [0.25, 0.3) is 0 Å². The first-order chi connectivity index (χ1) is 6.20. The Kier molecular flexibility index (Phi) is 3.89. The quantitative estimate of drug-likeness (QED) is 0.632. The maximum Gasteiger partial charge on any atom is 0.223 e. The van der Waals surface area contributed by atoms with E-state index in [-0.39, 0.29) is 24.2 Å². The first-order valence-electron chi connectivity index (χ1n) is 4.68. The Hall–Kier alpha value is -0.900. The summed E-state index contributed by atoms with van der Waals surface area (Å²) >= 11 is 0. The third kappa shape index (κ3) is 3.55. The smallest absolute Gasteiger partial charge is 0.223 e. The Morgan fingerprint density at radius 2 is 2.00 bits per heavy atom. The van der Waals surface area contributed by atoms with E-state index in [1.807, 2.05) is 0 Å². The largest absolute Gasteiger partial charge is 0.349 e. The van der Waals surface area contributed by atoms with Crippen LogP contribution in [-0.2, 0) is 9.59 Å². The zero-order chi connectivity index (χ0) is 9.68. The fraction of sp³-hybridized carbons (Fsp3) is 0.778. The molecule has 0 aliphatic carbocycles. The van der Waals surface area contributed by atoms with Gasteiger partial charge in [-0.05, 0) is 32.9 Å². The monoisotopic (exact) mass is 184 g/mol. The summed E-state index contributed by atoms with van der Waals surface area (Å²) in [6.45, 7) is 3.45. The lowest BCUT2D eigenvalue weighted by molar-refractivity contribution is -0.128. The van der Waals surface area contributed by atoms with Crippen molar-refractivity contribution in [2.75, 3.05) is 19.6 Å². The van der Waals surface area contributed by atoms with Gasteiger partial charge in [-0.3, -0.25) is 9.59 Å². The van der Waals surface area contributed by atoms with Gasteiger partial charge in [0.15, 0.2) is 0 Å². The number of nitrogens with one attached hydrogen (secondary N) is 2. The van der Waals surface area contributed by atoms with Gasteiger partial charge >= 0.3 is 0 Å². The molecule has 0 atom stereocenters. The molecule has 1 fully saturated rings. The topological polar surface area (TPSA) is 58.2 Å². The minimum absolute atomic E-state index is 0.00212. The van der Waals surface area contributed by atoms with Gasteiger partial charge in [-0.25, -0.2) is 0 Å². The number of amides is 1. The van der Waals surface area contributed by atoms with Crippen molar-refractivity contribution in [1.29, 1.82) is 0 Å². The van der Waals surface area contributed by atoms with Crippen molar-refractivity contribution >= 4 is 11.7 Å². The maximum absolute atomic E-state index is 11.4. The summed E-state index contributed by atoms with van der Waals surface area (Å²) in [5.74, 6) is 0.125. The van der Waals surface area contributed by atoms with Gasteiger partial charge in [0.05, 0.1) is 6.54 Å². The number of piperidine rings is 1. The molecule has 1 amide bonds. The molecular formula is C9H16N2O2. The van der Waals surface area contributed by atoms with Crippen LogP contribution < -0.4 is 10.6 Å². The van der Waals surface area contributed by atoms with Gasteiger partial charge < -0.3 is 10.6 Å². The number of Topliss-reactive ketones (excluding diaryl/α,β-unsaturated/α-hetero) is 1. The summed E-state index contributed by atoms with van der Waals surface area (Å²) in [5, 5.41) is 5.82. The van der Waals surface area contributed by atoms with E-state index in [0.717, 1.165) is 25.9 Å². The van der Waals surface area contributed by atoms with Gasteiger partial charge in [0, 0.05) is 5.92 Å². The fourth-order valence-electron chi connectivity index (χ4n) is 1.44. The van der Waals surface area contributed by atoms with Crippen LogP contribution in [0.1, 0.15) is 19.8 Å². The highest BCUT2D eigenvalue weighted by molar-refractivity contribution is 5.85. The first-order valence-corrected chi connectivity index (χ1v) is 4.68. The van der Waals surface area contributed by atoms with Crippen molar-refractivity contribution in [1.82, 2.24) is 10.6 Å². The lowest BCUT2D eigenvalue weighted by atomic mass is 9.97. The van der Waals surface area contributed by atoms with E-state index in [1.54, 1.807) is 0 Å². The average Bonchev–Trinajstić information content (AvgIpc) is 2.15. The molecular weight excluding hydrogens is 168 g/mol. The van der Waals surface area contributed by atoms with Gasteiger partial charge in [0.2, 0.25) is 5.91 Å². The third-order valence-corrected chi connectivity index (χ3v) is 2.22. The van der Waals surface area contributed by atoms with Crippen molar-refractivity contribution < 1.29 is 9.59 Å². The molecule has 4 heteroatoms. The number of ketones is 1. The lowest BCUT2D eigenvalue weighted by Crippen LogP contribution is -2.39. The van der Waals surface area contributed by atoms with Crippen LogP contribution in [0.5, 0.6) is 0 Å². The molecule has 0 aromatic rings. The van der Waals surface area contributed by atoms with E-state index in [4.69, 9.17) is 0 Å². The highest BCUT2D eigenvalue weighted by atomic mass is 16.2. The number of hydrogen-bond donors (Lipinski definition) is 2. The molecule has 1 heterocycles. The molecule has 1 aliphatic heterocycles. The number of carbonyl (C=O) groups is 2. The molecule has 1 saturated heterocycles. The predicted octanol–water partition coefficient (Wildman–Crippen LogP) is -0.309. The van der Waals surface area contributed by atoms with Crippen molar-refractivity contribution in [2.45, 2.75) is 19.8 Å². The molecule has 0 spiro atoms. The van der Waals surface area contributed by atoms with E-state index >= 15 is 0 Å².